The standard InChI is InChI=1S/C17H16BrNO/c1-12-6-7-13-4-2-3-5-16(13)19(12)17-9-8-15(18)10-14(17)11-20/h2-5,8-12H,6-7H2,1H3. The van der Waals surface area contributed by atoms with Crippen molar-refractivity contribution >= 4 is 33.6 Å². The van der Waals surface area contributed by atoms with Gasteiger partial charge in [-0.25, -0.2) is 0 Å². The van der Waals surface area contributed by atoms with E-state index in [2.05, 4.69) is 52.0 Å². The molecule has 20 heavy (non-hydrogen) atoms. The number of fused-ring (bicyclic) bond motifs is 1. The minimum Gasteiger partial charge on any atom is -0.338 e. The summed E-state index contributed by atoms with van der Waals surface area (Å²) in [7, 11) is 0. The van der Waals surface area contributed by atoms with Gasteiger partial charge < -0.3 is 4.90 Å². The van der Waals surface area contributed by atoms with Gasteiger partial charge in [0.05, 0.1) is 5.69 Å². The van der Waals surface area contributed by atoms with Gasteiger partial charge in [0.1, 0.15) is 0 Å². The molecule has 0 aromatic heterocycles. The number of hydrogen-bond donors (Lipinski definition) is 0. The molecule has 1 heterocycles. The molecule has 1 aliphatic rings. The third-order valence-corrected chi connectivity index (χ3v) is 4.39. The summed E-state index contributed by atoms with van der Waals surface area (Å²) in [4.78, 5) is 13.7. The highest BCUT2D eigenvalue weighted by Crippen LogP contribution is 2.38. The molecule has 0 bridgehead atoms. The first-order chi connectivity index (χ1) is 9.70. The highest BCUT2D eigenvalue weighted by Gasteiger charge is 2.25. The molecule has 2 aromatic carbocycles. The van der Waals surface area contributed by atoms with Gasteiger partial charge in [-0.15, -0.1) is 0 Å². The smallest absolute Gasteiger partial charge is 0.152 e. The Morgan fingerprint density at radius 3 is 2.80 bits per heavy atom. The van der Waals surface area contributed by atoms with Crippen LogP contribution >= 0.6 is 15.9 Å². The van der Waals surface area contributed by atoms with Crippen molar-refractivity contribution in [2.45, 2.75) is 25.8 Å². The molecule has 0 amide bonds. The Balaban J connectivity index is 2.16. The minimum absolute atomic E-state index is 0.393. The van der Waals surface area contributed by atoms with E-state index in [1.165, 1.54) is 11.3 Å². The fraction of sp³-hybridized carbons (Fsp3) is 0.235. The zero-order valence-corrected chi connectivity index (χ0v) is 12.9. The predicted molar refractivity (Wildman–Crippen MR) is 85.9 cm³/mol. The lowest BCUT2D eigenvalue weighted by atomic mass is 9.95. The average molecular weight is 330 g/mol. The molecule has 2 aromatic rings. The molecule has 0 aliphatic carbocycles. The summed E-state index contributed by atoms with van der Waals surface area (Å²) in [6.07, 6.45) is 3.14. The monoisotopic (exact) mass is 329 g/mol. The number of aldehydes is 1. The highest BCUT2D eigenvalue weighted by atomic mass is 79.9. The number of halogens is 1. The molecule has 0 saturated carbocycles. The van der Waals surface area contributed by atoms with Crippen LogP contribution in [0.1, 0.15) is 29.3 Å². The van der Waals surface area contributed by atoms with Crippen LogP contribution in [0.5, 0.6) is 0 Å². The fourth-order valence-electron chi connectivity index (χ4n) is 2.89. The zero-order chi connectivity index (χ0) is 14.1. The third kappa shape index (κ3) is 2.27. The second-order valence-electron chi connectivity index (χ2n) is 5.21. The Hall–Kier alpha value is -1.61. The molecule has 2 nitrogen and oxygen atoms in total. The Labute approximate surface area is 127 Å². The number of para-hydroxylation sites is 1. The number of benzene rings is 2. The first-order valence-corrected chi connectivity index (χ1v) is 7.62. The Morgan fingerprint density at radius 1 is 1.20 bits per heavy atom. The fourth-order valence-corrected chi connectivity index (χ4v) is 3.27. The second kappa shape index (κ2) is 5.41. The number of carbonyl (C=O) groups excluding carboxylic acids is 1. The van der Waals surface area contributed by atoms with Gasteiger partial charge in [-0.2, -0.15) is 0 Å². The molecule has 102 valence electrons. The summed E-state index contributed by atoms with van der Waals surface area (Å²) in [5.41, 5.74) is 4.29. The Morgan fingerprint density at radius 2 is 2.00 bits per heavy atom. The number of hydrogen-bond acceptors (Lipinski definition) is 2. The molecular weight excluding hydrogens is 314 g/mol. The van der Waals surface area contributed by atoms with Gasteiger partial charge in [0.15, 0.2) is 6.29 Å². The van der Waals surface area contributed by atoms with Gasteiger partial charge in [-0.05, 0) is 49.6 Å². The molecular formula is C17H16BrNO. The number of aryl methyl sites for hydroxylation is 1. The van der Waals surface area contributed by atoms with Crippen LogP contribution in [0.25, 0.3) is 0 Å². The molecule has 1 unspecified atom stereocenters. The topological polar surface area (TPSA) is 20.3 Å². The van der Waals surface area contributed by atoms with Gasteiger partial charge in [0.25, 0.3) is 0 Å². The zero-order valence-electron chi connectivity index (χ0n) is 11.3. The highest BCUT2D eigenvalue weighted by molar-refractivity contribution is 9.10. The van der Waals surface area contributed by atoms with Crippen molar-refractivity contribution in [1.29, 1.82) is 0 Å². The third-order valence-electron chi connectivity index (χ3n) is 3.90. The van der Waals surface area contributed by atoms with Crippen LogP contribution in [-0.4, -0.2) is 12.3 Å². The maximum Gasteiger partial charge on any atom is 0.152 e. The largest absolute Gasteiger partial charge is 0.338 e. The normalized spacial score (nSPS) is 17.7. The number of anilines is 2. The second-order valence-corrected chi connectivity index (χ2v) is 6.12. The van der Waals surface area contributed by atoms with Crippen LogP contribution in [0, 0.1) is 0 Å². The van der Waals surface area contributed by atoms with Crippen molar-refractivity contribution < 1.29 is 4.79 Å². The van der Waals surface area contributed by atoms with Crippen molar-refractivity contribution in [1.82, 2.24) is 0 Å². The van der Waals surface area contributed by atoms with Crippen molar-refractivity contribution in [3.05, 3.63) is 58.1 Å². The average Bonchev–Trinajstić information content (AvgIpc) is 2.48. The van der Waals surface area contributed by atoms with Gasteiger partial charge in [-0.3, -0.25) is 4.79 Å². The summed E-state index contributed by atoms with van der Waals surface area (Å²) in [6, 6.07) is 14.7. The summed E-state index contributed by atoms with van der Waals surface area (Å²) in [5, 5.41) is 0. The number of rotatable bonds is 2. The van der Waals surface area contributed by atoms with E-state index in [0.29, 0.717) is 6.04 Å². The first kappa shape index (κ1) is 13.4. The van der Waals surface area contributed by atoms with E-state index < -0.39 is 0 Å². The van der Waals surface area contributed by atoms with Crippen LogP contribution in [0.15, 0.2) is 46.9 Å². The summed E-state index contributed by atoms with van der Waals surface area (Å²) in [6.45, 7) is 2.21. The lowest BCUT2D eigenvalue weighted by Crippen LogP contribution is -2.33. The van der Waals surface area contributed by atoms with E-state index in [0.717, 1.165) is 34.9 Å². The number of nitrogens with zero attached hydrogens (tertiary/aromatic N) is 1. The molecule has 3 rings (SSSR count). The molecule has 0 N–H and O–H groups in total. The van der Waals surface area contributed by atoms with E-state index in [1.54, 1.807) is 0 Å². The van der Waals surface area contributed by atoms with Gasteiger partial charge in [0, 0.05) is 21.8 Å². The summed E-state index contributed by atoms with van der Waals surface area (Å²) >= 11 is 3.43. The quantitative estimate of drug-likeness (QED) is 0.742. The lowest BCUT2D eigenvalue weighted by Gasteiger charge is -2.37. The van der Waals surface area contributed by atoms with Crippen LogP contribution in [-0.2, 0) is 6.42 Å². The van der Waals surface area contributed by atoms with Gasteiger partial charge >= 0.3 is 0 Å². The molecule has 0 spiro atoms. The Kier molecular flexibility index (Phi) is 3.62. The van der Waals surface area contributed by atoms with E-state index in [1.807, 2.05) is 18.2 Å². The molecule has 0 radical (unpaired) electrons. The lowest BCUT2D eigenvalue weighted by molar-refractivity contribution is 0.112. The molecule has 3 heteroatoms. The van der Waals surface area contributed by atoms with Crippen LogP contribution in [0.4, 0.5) is 11.4 Å². The predicted octanol–water partition coefficient (Wildman–Crippen LogP) is 4.73. The van der Waals surface area contributed by atoms with Crippen LogP contribution in [0.2, 0.25) is 0 Å². The van der Waals surface area contributed by atoms with Crippen molar-refractivity contribution in [2.75, 3.05) is 4.90 Å². The Bertz CT molecular complexity index is 653. The molecule has 0 fully saturated rings. The van der Waals surface area contributed by atoms with E-state index in [-0.39, 0.29) is 0 Å². The maximum atomic E-state index is 11.4. The number of carbonyl (C=O) groups is 1. The van der Waals surface area contributed by atoms with E-state index >= 15 is 0 Å². The maximum absolute atomic E-state index is 11.4. The van der Waals surface area contributed by atoms with Crippen LogP contribution in [0.3, 0.4) is 0 Å². The SMILES string of the molecule is CC1CCc2ccccc2N1c1ccc(Br)cc1C=O. The molecule has 1 aliphatic heterocycles. The van der Waals surface area contributed by atoms with Crippen molar-refractivity contribution in [3.8, 4) is 0 Å². The van der Waals surface area contributed by atoms with E-state index in [9.17, 15) is 4.79 Å². The molecule has 0 saturated heterocycles. The minimum atomic E-state index is 0.393. The first-order valence-electron chi connectivity index (χ1n) is 6.82. The molecule has 1 atom stereocenters. The van der Waals surface area contributed by atoms with E-state index in [4.69, 9.17) is 0 Å². The van der Waals surface area contributed by atoms with Crippen molar-refractivity contribution in [3.63, 3.8) is 0 Å². The van der Waals surface area contributed by atoms with Gasteiger partial charge in [-0.1, -0.05) is 34.1 Å². The summed E-state index contributed by atoms with van der Waals surface area (Å²) in [5.74, 6) is 0. The summed E-state index contributed by atoms with van der Waals surface area (Å²) < 4.78 is 0.932. The van der Waals surface area contributed by atoms with Crippen molar-refractivity contribution in [2.24, 2.45) is 0 Å². The van der Waals surface area contributed by atoms with Gasteiger partial charge in [0.2, 0.25) is 0 Å². The van der Waals surface area contributed by atoms with Crippen LogP contribution < -0.4 is 4.90 Å².